The van der Waals surface area contributed by atoms with Crippen molar-refractivity contribution in [3.8, 4) is 0 Å². The van der Waals surface area contributed by atoms with Crippen LogP contribution in [0.2, 0.25) is 0 Å². The first-order valence-electron chi connectivity index (χ1n) is 9.12. The van der Waals surface area contributed by atoms with Crippen LogP contribution in [-0.4, -0.2) is 10.8 Å². The Kier molecular flexibility index (Phi) is 5.13. The second-order valence-corrected chi connectivity index (χ2v) is 7.67. The van der Waals surface area contributed by atoms with Crippen LogP contribution in [0.3, 0.4) is 0 Å². The number of anilines is 2. The number of benzene rings is 3. The highest BCUT2D eigenvalue weighted by atomic mass is 32.2. The molecular weight excluding hydrogens is 364 g/mol. The van der Waals surface area contributed by atoms with E-state index in [1.54, 1.807) is 6.92 Å². The average Bonchev–Trinajstić information content (AvgIpc) is 2.72. The minimum absolute atomic E-state index is 0.0701. The Morgan fingerprint density at radius 1 is 0.857 bits per heavy atom. The van der Waals surface area contributed by atoms with Gasteiger partial charge in [0.2, 0.25) is 0 Å². The summed E-state index contributed by atoms with van der Waals surface area (Å²) in [5.74, 6) is 0.0701. The maximum atomic E-state index is 11.3. The Labute approximate surface area is 168 Å². The van der Waals surface area contributed by atoms with E-state index in [1.807, 2.05) is 49.0 Å². The Balaban J connectivity index is 0.000000137. The fraction of sp³-hybridized carbons (Fsp3) is 0.0833. The van der Waals surface area contributed by atoms with Crippen LogP contribution in [0.5, 0.6) is 0 Å². The van der Waals surface area contributed by atoms with E-state index in [-0.39, 0.29) is 5.78 Å². The molecule has 0 spiro atoms. The molecule has 2 heterocycles. The van der Waals surface area contributed by atoms with E-state index in [4.69, 9.17) is 0 Å². The SMILES string of the molecule is CC(=O)c1cc2ccccc2nc1C.c1ccc2c(c1)Nc1ccccc1S2. The van der Waals surface area contributed by atoms with Gasteiger partial charge in [0.05, 0.1) is 16.9 Å². The summed E-state index contributed by atoms with van der Waals surface area (Å²) >= 11 is 1.82. The molecule has 0 saturated heterocycles. The molecule has 0 radical (unpaired) electrons. The molecule has 28 heavy (non-hydrogen) atoms. The first kappa shape index (κ1) is 18.3. The van der Waals surface area contributed by atoms with E-state index in [2.05, 4.69) is 58.8 Å². The van der Waals surface area contributed by atoms with Gasteiger partial charge in [-0.15, -0.1) is 0 Å². The van der Waals surface area contributed by atoms with Crippen LogP contribution in [-0.2, 0) is 0 Å². The largest absolute Gasteiger partial charge is 0.354 e. The maximum absolute atomic E-state index is 11.3. The number of nitrogens with zero attached hydrogens (tertiary/aromatic N) is 1. The van der Waals surface area contributed by atoms with Crippen LogP contribution in [0.25, 0.3) is 10.9 Å². The van der Waals surface area contributed by atoms with Crippen LogP contribution in [0, 0.1) is 6.92 Å². The highest BCUT2D eigenvalue weighted by molar-refractivity contribution is 7.99. The van der Waals surface area contributed by atoms with Crippen LogP contribution in [0.4, 0.5) is 11.4 Å². The lowest BCUT2D eigenvalue weighted by molar-refractivity contribution is 0.101. The van der Waals surface area contributed by atoms with Crippen LogP contribution in [0.15, 0.2) is 88.7 Å². The Morgan fingerprint density at radius 3 is 2.07 bits per heavy atom. The molecule has 0 unspecified atom stereocenters. The summed E-state index contributed by atoms with van der Waals surface area (Å²) < 4.78 is 0. The molecule has 0 aliphatic carbocycles. The molecule has 3 nitrogen and oxygen atoms in total. The second kappa shape index (κ2) is 7.87. The van der Waals surface area contributed by atoms with Crippen molar-refractivity contribution in [3.63, 3.8) is 0 Å². The van der Waals surface area contributed by atoms with Crippen LogP contribution >= 0.6 is 11.8 Å². The highest BCUT2D eigenvalue weighted by Gasteiger charge is 2.13. The minimum atomic E-state index is 0.0701. The fourth-order valence-corrected chi connectivity index (χ4v) is 4.14. The number of Topliss-reactive ketones (excluding diaryl/α,β-unsaturated/α-hetero) is 1. The van der Waals surface area contributed by atoms with E-state index in [0.29, 0.717) is 5.56 Å². The molecular formula is C24H20N2OS. The molecule has 0 saturated carbocycles. The highest BCUT2D eigenvalue weighted by Crippen LogP contribution is 2.43. The van der Waals surface area contributed by atoms with Gasteiger partial charge in [-0.25, -0.2) is 0 Å². The van der Waals surface area contributed by atoms with E-state index in [0.717, 1.165) is 16.6 Å². The maximum Gasteiger partial charge on any atom is 0.161 e. The number of fused-ring (bicyclic) bond motifs is 3. The summed E-state index contributed by atoms with van der Waals surface area (Å²) in [5, 5.41) is 4.44. The fourth-order valence-electron chi connectivity index (χ4n) is 3.15. The molecule has 0 amide bonds. The third-order valence-corrected chi connectivity index (χ3v) is 5.71. The van der Waals surface area contributed by atoms with Gasteiger partial charge in [-0.3, -0.25) is 9.78 Å². The van der Waals surface area contributed by atoms with Crippen molar-refractivity contribution in [2.45, 2.75) is 23.6 Å². The number of aryl methyl sites for hydroxylation is 1. The average molecular weight is 385 g/mol. The van der Waals surface area contributed by atoms with Crippen LogP contribution in [0.1, 0.15) is 23.0 Å². The lowest BCUT2D eigenvalue weighted by atomic mass is 10.1. The normalized spacial score (nSPS) is 11.5. The monoisotopic (exact) mass is 384 g/mol. The van der Waals surface area contributed by atoms with Crippen molar-refractivity contribution in [2.75, 3.05) is 5.32 Å². The zero-order valence-electron chi connectivity index (χ0n) is 15.8. The van der Waals surface area contributed by atoms with E-state index >= 15 is 0 Å². The lowest BCUT2D eigenvalue weighted by Gasteiger charge is -2.19. The standard InChI is InChI=1S/C12H11NO.C12H9NS/c1-8-11(9(2)14)7-10-5-3-4-6-12(10)13-8;1-3-7-11-9(5-1)13-10-6-2-4-8-12(10)14-11/h3-7H,1-2H3;1-8,13H. The molecule has 1 N–H and O–H groups in total. The predicted molar refractivity (Wildman–Crippen MR) is 117 cm³/mol. The van der Waals surface area contributed by atoms with E-state index in [9.17, 15) is 4.79 Å². The van der Waals surface area contributed by atoms with Crippen molar-refractivity contribution in [2.24, 2.45) is 0 Å². The number of rotatable bonds is 1. The molecule has 5 rings (SSSR count). The number of pyridine rings is 1. The summed E-state index contributed by atoms with van der Waals surface area (Å²) in [7, 11) is 0. The van der Waals surface area contributed by atoms with Gasteiger partial charge in [-0.05, 0) is 50.2 Å². The zero-order chi connectivity index (χ0) is 19.5. The molecule has 1 aromatic heterocycles. The number of carbonyl (C=O) groups is 1. The summed E-state index contributed by atoms with van der Waals surface area (Å²) in [6, 6.07) is 26.5. The van der Waals surface area contributed by atoms with Crippen LogP contribution < -0.4 is 5.32 Å². The first-order chi connectivity index (χ1) is 13.6. The van der Waals surface area contributed by atoms with Gasteiger partial charge >= 0.3 is 0 Å². The van der Waals surface area contributed by atoms with Crippen molar-refractivity contribution in [1.29, 1.82) is 0 Å². The third kappa shape index (κ3) is 3.78. The Bertz CT molecular complexity index is 1080. The van der Waals surface area contributed by atoms with Gasteiger partial charge in [0.1, 0.15) is 0 Å². The second-order valence-electron chi connectivity index (χ2n) is 6.59. The van der Waals surface area contributed by atoms with Gasteiger partial charge in [0.15, 0.2) is 5.78 Å². The Morgan fingerprint density at radius 2 is 1.43 bits per heavy atom. The zero-order valence-corrected chi connectivity index (χ0v) is 16.6. The molecule has 4 aromatic rings. The number of aromatic nitrogens is 1. The summed E-state index contributed by atoms with van der Waals surface area (Å²) in [4.78, 5) is 18.2. The smallest absolute Gasteiger partial charge is 0.161 e. The van der Waals surface area contributed by atoms with Gasteiger partial charge in [-0.2, -0.15) is 0 Å². The number of ketones is 1. The number of hydrogen-bond donors (Lipinski definition) is 1. The summed E-state index contributed by atoms with van der Waals surface area (Å²) in [5.41, 5.74) is 4.86. The molecule has 138 valence electrons. The molecule has 1 aliphatic rings. The summed E-state index contributed by atoms with van der Waals surface area (Å²) in [6.45, 7) is 3.43. The summed E-state index contributed by atoms with van der Waals surface area (Å²) in [6.07, 6.45) is 0. The van der Waals surface area contributed by atoms with Crippen molar-refractivity contribution >= 4 is 39.8 Å². The van der Waals surface area contributed by atoms with E-state index < -0.39 is 0 Å². The molecule has 1 aliphatic heterocycles. The van der Waals surface area contributed by atoms with Gasteiger partial charge in [0, 0.05) is 26.4 Å². The molecule has 0 fully saturated rings. The first-order valence-corrected chi connectivity index (χ1v) is 9.94. The van der Waals surface area contributed by atoms with Gasteiger partial charge in [-0.1, -0.05) is 54.2 Å². The molecule has 3 aromatic carbocycles. The van der Waals surface area contributed by atoms with Crippen molar-refractivity contribution < 1.29 is 4.79 Å². The number of carbonyl (C=O) groups excluding carboxylic acids is 1. The lowest BCUT2D eigenvalue weighted by Crippen LogP contribution is -1.98. The van der Waals surface area contributed by atoms with Gasteiger partial charge in [0.25, 0.3) is 0 Å². The molecule has 0 atom stereocenters. The van der Waals surface area contributed by atoms with Crippen molar-refractivity contribution in [1.82, 2.24) is 4.98 Å². The topological polar surface area (TPSA) is 42.0 Å². The molecule has 0 bridgehead atoms. The van der Waals surface area contributed by atoms with Gasteiger partial charge < -0.3 is 5.32 Å². The number of para-hydroxylation sites is 3. The number of nitrogens with one attached hydrogen (secondary N) is 1. The minimum Gasteiger partial charge on any atom is -0.354 e. The third-order valence-electron chi connectivity index (χ3n) is 4.56. The number of hydrogen-bond acceptors (Lipinski definition) is 4. The Hall–Kier alpha value is -3.11. The molecule has 4 heteroatoms. The van der Waals surface area contributed by atoms with E-state index in [1.165, 1.54) is 21.2 Å². The quantitative estimate of drug-likeness (QED) is 0.329. The predicted octanol–water partition coefficient (Wildman–Crippen LogP) is 6.64. The van der Waals surface area contributed by atoms with Crippen molar-refractivity contribution in [3.05, 3.63) is 90.1 Å².